The van der Waals surface area contributed by atoms with Gasteiger partial charge in [0.1, 0.15) is 11.9 Å². The maximum atomic E-state index is 12.0. The van der Waals surface area contributed by atoms with E-state index in [1.165, 1.54) is 17.3 Å². The van der Waals surface area contributed by atoms with Gasteiger partial charge < -0.3 is 5.32 Å². The van der Waals surface area contributed by atoms with Gasteiger partial charge in [-0.2, -0.15) is 5.26 Å². The van der Waals surface area contributed by atoms with Crippen LogP contribution in [0, 0.1) is 17.2 Å². The lowest BCUT2D eigenvalue weighted by Gasteiger charge is -2.10. The number of aromatic nitrogens is 1. The molecule has 0 radical (unpaired) electrons. The number of amides is 2. The van der Waals surface area contributed by atoms with Gasteiger partial charge in [0.05, 0.1) is 5.56 Å². The summed E-state index contributed by atoms with van der Waals surface area (Å²) in [6.07, 6.45) is 2.48. The Kier molecular flexibility index (Phi) is 2.83. The summed E-state index contributed by atoms with van der Waals surface area (Å²) in [7, 11) is 0. The standard InChI is InChI=1S/C17H14N4O/c18-8-10-5-6-14(19-9-10)20-17(22)21-16-13-7-11-3-1-2-4-12(11)15(13)16/h1-6,9,13,15-16H,7H2,(H2,19,20,21,22). The molecule has 5 nitrogen and oxygen atoms in total. The average Bonchev–Trinajstić information content (AvgIpc) is 3.05. The van der Waals surface area contributed by atoms with E-state index in [2.05, 4.69) is 39.9 Å². The highest BCUT2D eigenvalue weighted by Gasteiger charge is 2.56. The van der Waals surface area contributed by atoms with E-state index in [0.29, 0.717) is 23.2 Å². The Bertz CT molecular complexity index is 778. The van der Waals surface area contributed by atoms with E-state index in [4.69, 9.17) is 5.26 Å². The van der Waals surface area contributed by atoms with Crippen LogP contribution in [0.5, 0.6) is 0 Å². The third kappa shape index (κ3) is 2.09. The normalized spacial score (nSPS) is 23.9. The van der Waals surface area contributed by atoms with E-state index >= 15 is 0 Å². The number of carbonyl (C=O) groups excluding carboxylic acids is 1. The number of anilines is 1. The fourth-order valence-corrected chi connectivity index (χ4v) is 3.39. The number of benzene rings is 1. The molecule has 0 spiro atoms. The van der Waals surface area contributed by atoms with Gasteiger partial charge in [-0.3, -0.25) is 5.32 Å². The lowest BCUT2D eigenvalue weighted by molar-refractivity contribution is 0.251. The zero-order valence-corrected chi connectivity index (χ0v) is 11.8. The second kappa shape index (κ2) is 4.85. The number of nitriles is 1. The summed E-state index contributed by atoms with van der Waals surface area (Å²) >= 11 is 0. The quantitative estimate of drug-likeness (QED) is 0.891. The molecule has 1 aromatic carbocycles. The summed E-state index contributed by atoms with van der Waals surface area (Å²) in [6.45, 7) is 0. The highest BCUT2D eigenvalue weighted by atomic mass is 16.2. The summed E-state index contributed by atoms with van der Waals surface area (Å²) in [5, 5.41) is 14.4. The van der Waals surface area contributed by atoms with Crippen molar-refractivity contribution in [2.45, 2.75) is 18.4 Å². The Morgan fingerprint density at radius 1 is 1.27 bits per heavy atom. The lowest BCUT2D eigenvalue weighted by Crippen LogP contribution is -2.33. The number of fused-ring (bicyclic) bond motifs is 3. The van der Waals surface area contributed by atoms with Gasteiger partial charge in [-0.25, -0.2) is 9.78 Å². The Balaban J connectivity index is 1.38. The number of nitrogens with one attached hydrogen (secondary N) is 2. The number of hydrogen-bond donors (Lipinski definition) is 2. The first-order chi connectivity index (χ1) is 10.8. The zero-order chi connectivity index (χ0) is 15.1. The third-order valence-electron chi connectivity index (χ3n) is 4.47. The summed E-state index contributed by atoms with van der Waals surface area (Å²) in [6, 6.07) is 13.7. The SMILES string of the molecule is N#Cc1ccc(NC(=O)NC2C3Cc4ccccc4C32)nc1. The second-order valence-corrected chi connectivity index (χ2v) is 5.76. The molecule has 1 aromatic heterocycles. The highest BCUT2D eigenvalue weighted by molar-refractivity contribution is 5.89. The number of nitrogens with zero attached hydrogens (tertiary/aromatic N) is 2. The molecule has 22 heavy (non-hydrogen) atoms. The Morgan fingerprint density at radius 2 is 2.14 bits per heavy atom. The van der Waals surface area contributed by atoms with E-state index in [0.717, 1.165) is 6.42 Å². The fraction of sp³-hybridized carbons (Fsp3) is 0.235. The van der Waals surface area contributed by atoms with Crippen molar-refractivity contribution in [3.05, 3.63) is 59.3 Å². The molecule has 0 aliphatic heterocycles. The molecule has 1 fully saturated rings. The van der Waals surface area contributed by atoms with Crippen LogP contribution in [0.2, 0.25) is 0 Å². The highest BCUT2D eigenvalue weighted by Crippen LogP contribution is 2.56. The van der Waals surface area contributed by atoms with Gasteiger partial charge in [0.2, 0.25) is 0 Å². The summed E-state index contributed by atoms with van der Waals surface area (Å²) < 4.78 is 0. The lowest BCUT2D eigenvalue weighted by atomic mass is 10.1. The van der Waals surface area contributed by atoms with Crippen molar-refractivity contribution in [3.63, 3.8) is 0 Å². The van der Waals surface area contributed by atoms with Crippen LogP contribution in [0.4, 0.5) is 10.6 Å². The number of pyridine rings is 1. The van der Waals surface area contributed by atoms with Crippen LogP contribution >= 0.6 is 0 Å². The molecule has 2 aliphatic carbocycles. The number of carbonyl (C=O) groups is 1. The number of hydrogen-bond acceptors (Lipinski definition) is 3. The van der Waals surface area contributed by atoms with Crippen LogP contribution < -0.4 is 10.6 Å². The summed E-state index contributed by atoms with van der Waals surface area (Å²) in [5.41, 5.74) is 3.25. The molecule has 2 aliphatic rings. The maximum Gasteiger partial charge on any atom is 0.320 e. The molecule has 2 amide bonds. The maximum absolute atomic E-state index is 12.0. The van der Waals surface area contributed by atoms with Crippen LogP contribution in [-0.2, 0) is 6.42 Å². The van der Waals surface area contributed by atoms with Gasteiger partial charge in [-0.1, -0.05) is 24.3 Å². The van der Waals surface area contributed by atoms with Crippen LogP contribution in [0.3, 0.4) is 0 Å². The van der Waals surface area contributed by atoms with Crippen molar-refractivity contribution in [2.75, 3.05) is 5.32 Å². The smallest absolute Gasteiger partial charge is 0.320 e. The van der Waals surface area contributed by atoms with E-state index in [1.807, 2.05) is 6.07 Å². The predicted octanol–water partition coefficient (Wildman–Crippen LogP) is 2.41. The second-order valence-electron chi connectivity index (χ2n) is 5.76. The van der Waals surface area contributed by atoms with E-state index in [9.17, 15) is 4.79 Å². The molecule has 5 heteroatoms. The van der Waals surface area contributed by atoms with Gasteiger partial charge >= 0.3 is 6.03 Å². The van der Waals surface area contributed by atoms with Crippen molar-refractivity contribution in [2.24, 2.45) is 5.92 Å². The summed E-state index contributed by atoms with van der Waals surface area (Å²) in [4.78, 5) is 16.1. The summed E-state index contributed by atoms with van der Waals surface area (Å²) in [5.74, 6) is 1.43. The first kappa shape index (κ1) is 12.8. The average molecular weight is 290 g/mol. The zero-order valence-electron chi connectivity index (χ0n) is 11.8. The molecular weight excluding hydrogens is 276 g/mol. The van der Waals surface area contributed by atoms with Gasteiger partial charge in [0.15, 0.2) is 0 Å². The van der Waals surface area contributed by atoms with Crippen molar-refractivity contribution < 1.29 is 4.79 Å². The number of urea groups is 1. The molecular formula is C17H14N4O. The molecule has 0 bridgehead atoms. The molecule has 0 saturated heterocycles. The Hall–Kier alpha value is -2.87. The van der Waals surface area contributed by atoms with Gasteiger partial charge in [-0.15, -0.1) is 0 Å². The molecule has 108 valence electrons. The predicted molar refractivity (Wildman–Crippen MR) is 81.3 cm³/mol. The van der Waals surface area contributed by atoms with Crippen molar-refractivity contribution >= 4 is 11.8 Å². The topological polar surface area (TPSA) is 77.8 Å². The monoisotopic (exact) mass is 290 g/mol. The first-order valence-corrected chi connectivity index (χ1v) is 7.28. The number of rotatable bonds is 2. The van der Waals surface area contributed by atoms with Gasteiger partial charge in [0.25, 0.3) is 0 Å². The molecule has 4 rings (SSSR count). The van der Waals surface area contributed by atoms with E-state index < -0.39 is 0 Å². The largest absolute Gasteiger partial charge is 0.334 e. The minimum atomic E-state index is -0.242. The molecule has 1 heterocycles. The third-order valence-corrected chi connectivity index (χ3v) is 4.47. The molecule has 2 N–H and O–H groups in total. The van der Waals surface area contributed by atoms with Crippen molar-refractivity contribution in [3.8, 4) is 6.07 Å². The first-order valence-electron chi connectivity index (χ1n) is 7.28. The fourth-order valence-electron chi connectivity index (χ4n) is 3.39. The molecule has 1 saturated carbocycles. The minimum absolute atomic E-state index is 0.216. The van der Waals surface area contributed by atoms with Crippen molar-refractivity contribution in [1.29, 1.82) is 5.26 Å². The Morgan fingerprint density at radius 3 is 2.91 bits per heavy atom. The van der Waals surface area contributed by atoms with Crippen LogP contribution in [-0.4, -0.2) is 17.1 Å². The van der Waals surface area contributed by atoms with Gasteiger partial charge in [-0.05, 0) is 35.6 Å². The minimum Gasteiger partial charge on any atom is -0.334 e. The Labute approximate surface area is 128 Å². The van der Waals surface area contributed by atoms with E-state index in [-0.39, 0.29) is 12.1 Å². The molecule has 3 atom stereocenters. The van der Waals surface area contributed by atoms with Crippen molar-refractivity contribution in [1.82, 2.24) is 10.3 Å². The van der Waals surface area contributed by atoms with Crippen LogP contribution in [0.25, 0.3) is 0 Å². The molecule has 2 aromatic rings. The van der Waals surface area contributed by atoms with Gasteiger partial charge in [0, 0.05) is 18.2 Å². The van der Waals surface area contributed by atoms with E-state index in [1.54, 1.807) is 12.1 Å². The van der Waals surface area contributed by atoms with Crippen LogP contribution in [0.15, 0.2) is 42.6 Å². The van der Waals surface area contributed by atoms with Crippen LogP contribution in [0.1, 0.15) is 22.6 Å². The molecule has 3 unspecified atom stereocenters.